The summed E-state index contributed by atoms with van der Waals surface area (Å²) in [5.41, 5.74) is 1.92. The van der Waals surface area contributed by atoms with Crippen molar-refractivity contribution in [1.29, 1.82) is 0 Å². The number of carbonyl (C=O) groups is 1. The Morgan fingerprint density at radius 3 is 2.29 bits per heavy atom. The zero-order valence-corrected chi connectivity index (χ0v) is 13.7. The van der Waals surface area contributed by atoms with Gasteiger partial charge in [0.2, 0.25) is 0 Å². The van der Waals surface area contributed by atoms with Crippen LogP contribution in [0.5, 0.6) is 5.75 Å². The maximum atomic E-state index is 12.6. The van der Waals surface area contributed by atoms with Crippen LogP contribution in [0.4, 0.5) is 5.69 Å². The molecule has 1 amide bonds. The molecule has 3 rings (SSSR count). The van der Waals surface area contributed by atoms with E-state index in [1.165, 1.54) is 5.69 Å². The van der Waals surface area contributed by atoms with Gasteiger partial charge in [-0.3, -0.25) is 4.79 Å². The van der Waals surface area contributed by atoms with Crippen LogP contribution in [0.2, 0.25) is 0 Å². The lowest BCUT2D eigenvalue weighted by atomic mass is 10.1. The van der Waals surface area contributed by atoms with Gasteiger partial charge < -0.3 is 14.5 Å². The molecule has 0 unspecified atom stereocenters. The molecule has 124 valence electrons. The highest BCUT2D eigenvalue weighted by Crippen LogP contribution is 2.18. The Morgan fingerprint density at radius 2 is 1.67 bits per heavy atom. The lowest BCUT2D eigenvalue weighted by molar-refractivity contribution is 0.0747. The van der Waals surface area contributed by atoms with Crippen molar-refractivity contribution in [2.75, 3.05) is 37.7 Å². The highest BCUT2D eigenvalue weighted by molar-refractivity contribution is 5.94. The smallest absolute Gasteiger partial charge is 0.253 e. The molecule has 24 heavy (non-hydrogen) atoms. The summed E-state index contributed by atoms with van der Waals surface area (Å²) in [6, 6.07) is 17.6. The largest absolute Gasteiger partial charge is 0.490 e. The maximum Gasteiger partial charge on any atom is 0.253 e. The van der Waals surface area contributed by atoms with Gasteiger partial charge in [-0.1, -0.05) is 30.9 Å². The normalized spacial score (nSPS) is 14.3. The van der Waals surface area contributed by atoms with Crippen LogP contribution in [0.1, 0.15) is 10.4 Å². The van der Waals surface area contributed by atoms with Crippen LogP contribution in [0, 0.1) is 0 Å². The summed E-state index contributed by atoms with van der Waals surface area (Å²) in [6.07, 6.45) is 1.70. The van der Waals surface area contributed by atoms with Crippen LogP contribution in [-0.2, 0) is 0 Å². The van der Waals surface area contributed by atoms with Crippen molar-refractivity contribution in [3.8, 4) is 5.75 Å². The second-order valence-electron chi connectivity index (χ2n) is 5.74. The molecule has 1 heterocycles. The zero-order valence-electron chi connectivity index (χ0n) is 13.7. The van der Waals surface area contributed by atoms with E-state index in [2.05, 4.69) is 23.6 Å². The Hall–Kier alpha value is -2.75. The minimum atomic E-state index is 0.0815. The van der Waals surface area contributed by atoms with Gasteiger partial charge in [-0.2, -0.15) is 0 Å². The summed E-state index contributed by atoms with van der Waals surface area (Å²) in [7, 11) is 0. The molecule has 2 aromatic carbocycles. The van der Waals surface area contributed by atoms with E-state index in [0.717, 1.165) is 31.9 Å². The van der Waals surface area contributed by atoms with Crippen LogP contribution in [0.3, 0.4) is 0 Å². The first kappa shape index (κ1) is 16.1. The van der Waals surface area contributed by atoms with Crippen LogP contribution < -0.4 is 9.64 Å². The van der Waals surface area contributed by atoms with Gasteiger partial charge in [0.25, 0.3) is 5.91 Å². The predicted molar refractivity (Wildman–Crippen MR) is 96.7 cm³/mol. The summed E-state index contributed by atoms with van der Waals surface area (Å²) in [5, 5.41) is 0. The molecule has 0 N–H and O–H groups in total. The Bertz CT molecular complexity index is 675. The van der Waals surface area contributed by atoms with Crippen molar-refractivity contribution in [2.45, 2.75) is 0 Å². The first-order valence-electron chi connectivity index (χ1n) is 8.21. The van der Waals surface area contributed by atoms with Crippen LogP contribution in [0.15, 0.2) is 67.3 Å². The molecule has 0 saturated carbocycles. The molecule has 1 saturated heterocycles. The monoisotopic (exact) mass is 322 g/mol. The molecule has 4 nitrogen and oxygen atoms in total. The van der Waals surface area contributed by atoms with Crippen molar-refractivity contribution in [3.05, 3.63) is 72.8 Å². The standard InChI is InChI=1S/C20H22N2O2/c1-2-16-24-19-10-8-17(9-11-19)20(23)22-14-12-21(13-15-22)18-6-4-3-5-7-18/h2-11H,1,12-16H2. The number of hydrogen-bond acceptors (Lipinski definition) is 3. The third kappa shape index (κ3) is 3.77. The molecular weight excluding hydrogens is 300 g/mol. The lowest BCUT2D eigenvalue weighted by Gasteiger charge is -2.36. The summed E-state index contributed by atoms with van der Waals surface area (Å²) in [4.78, 5) is 16.8. The van der Waals surface area contributed by atoms with E-state index >= 15 is 0 Å². The lowest BCUT2D eigenvalue weighted by Crippen LogP contribution is -2.48. The van der Waals surface area contributed by atoms with E-state index in [9.17, 15) is 4.79 Å². The van der Waals surface area contributed by atoms with Crippen LogP contribution >= 0.6 is 0 Å². The van der Waals surface area contributed by atoms with Crippen molar-refractivity contribution >= 4 is 11.6 Å². The molecule has 4 heteroatoms. The van der Waals surface area contributed by atoms with E-state index in [4.69, 9.17) is 4.74 Å². The van der Waals surface area contributed by atoms with Gasteiger partial charge in [-0.25, -0.2) is 0 Å². The second kappa shape index (κ2) is 7.68. The number of hydrogen-bond donors (Lipinski definition) is 0. The number of ether oxygens (including phenoxy) is 1. The highest BCUT2D eigenvalue weighted by atomic mass is 16.5. The fourth-order valence-electron chi connectivity index (χ4n) is 2.84. The molecule has 1 aliphatic rings. The number of rotatable bonds is 5. The first-order chi connectivity index (χ1) is 11.8. The molecule has 2 aromatic rings. The fraction of sp³-hybridized carbons (Fsp3) is 0.250. The van der Waals surface area contributed by atoms with Crippen molar-refractivity contribution in [3.63, 3.8) is 0 Å². The van der Waals surface area contributed by atoms with Crippen molar-refractivity contribution < 1.29 is 9.53 Å². The topological polar surface area (TPSA) is 32.8 Å². The molecule has 0 radical (unpaired) electrons. The average Bonchev–Trinajstić information content (AvgIpc) is 2.67. The van der Waals surface area contributed by atoms with Gasteiger partial charge in [0.05, 0.1) is 0 Å². The highest BCUT2D eigenvalue weighted by Gasteiger charge is 2.22. The second-order valence-corrected chi connectivity index (χ2v) is 5.74. The van der Waals surface area contributed by atoms with Gasteiger partial charge in [0.15, 0.2) is 0 Å². The number of benzene rings is 2. The minimum Gasteiger partial charge on any atom is -0.490 e. The maximum absolute atomic E-state index is 12.6. The Kier molecular flexibility index (Phi) is 5.16. The molecule has 0 aromatic heterocycles. The van der Waals surface area contributed by atoms with Crippen LogP contribution in [-0.4, -0.2) is 43.6 Å². The summed E-state index contributed by atoms with van der Waals surface area (Å²) < 4.78 is 5.45. The molecule has 1 aliphatic heterocycles. The Labute approximate surface area is 143 Å². The fourth-order valence-corrected chi connectivity index (χ4v) is 2.84. The predicted octanol–water partition coefficient (Wildman–Crippen LogP) is 3.21. The number of anilines is 1. The van der Waals surface area contributed by atoms with Gasteiger partial charge in [0.1, 0.15) is 12.4 Å². The van der Waals surface area contributed by atoms with Gasteiger partial charge in [-0.15, -0.1) is 0 Å². The molecule has 0 aliphatic carbocycles. The van der Waals surface area contributed by atoms with Gasteiger partial charge >= 0.3 is 0 Å². The van der Waals surface area contributed by atoms with Crippen LogP contribution in [0.25, 0.3) is 0 Å². The number of carbonyl (C=O) groups excluding carboxylic acids is 1. The van der Waals surface area contributed by atoms with Gasteiger partial charge in [0, 0.05) is 37.4 Å². The molecule has 1 fully saturated rings. The first-order valence-corrected chi connectivity index (χ1v) is 8.21. The molecule has 0 bridgehead atoms. The molecule has 0 atom stereocenters. The Morgan fingerprint density at radius 1 is 1.00 bits per heavy atom. The number of piperazine rings is 1. The summed E-state index contributed by atoms with van der Waals surface area (Å²) in [6.45, 7) is 7.28. The zero-order chi connectivity index (χ0) is 16.8. The SMILES string of the molecule is C=CCOc1ccc(C(=O)N2CCN(c3ccccc3)CC2)cc1. The Balaban J connectivity index is 1.58. The van der Waals surface area contributed by atoms with E-state index in [-0.39, 0.29) is 5.91 Å². The van der Waals surface area contributed by atoms with E-state index in [0.29, 0.717) is 12.2 Å². The quantitative estimate of drug-likeness (QED) is 0.793. The van der Waals surface area contributed by atoms with Gasteiger partial charge in [-0.05, 0) is 36.4 Å². The van der Waals surface area contributed by atoms with E-state index < -0.39 is 0 Å². The third-order valence-electron chi connectivity index (χ3n) is 4.16. The number of nitrogens with zero attached hydrogens (tertiary/aromatic N) is 2. The average molecular weight is 322 g/mol. The number of amides is 1. The number of para-hydroxylation sites is 1. The third-order valence-corrected chi connectivity index (χ3v) is 4.16. The van der Waals surface area contributed by atoms with Crippen molar-refractivity contribution in [2.24, 2.45) is 0 Å². The molecular formula is C20H22N2O2. The van der Waals surface area contributed by atoms with E-state index in [1.807, 2.05) is 47.4 Å². The van der Waals surface area contributed by atoms with E-state index in [1.54, 1.807) is 6.08 Å². The summed E-state index contributed by atoms with van der Waals surface area (Å²) in [5.74, 6) is 0.832. The summed E-state index contributed by atoms with van der Waals surface area (Å²) >= 11 is 0. The van der Waals surface area contributed by atoms with Crippen molar-refractivity contribution in [1.82, 2.24) is 4.90 Å². The molecule has 0 spiro atoms. The minimum absolute atomic E-state index is 0.0815.